The molecule has 1 aromatic carbocycles. The first-order valence-corrected chi connectivity index (χ1v) is 9.32. The number of rotatable bonds is 5. The minimum Gasteiger partial charge on any atom is -0.381 e. The molecule has 3 rings (SSSR count). The summed E-state index contributed by atoms with van der Waals surface area (Å²) in [5.74, 6) is 2.27. The number of hydrogen-bond donors (Lipinski definition) is 1. The second-order valence-corrected chi connectivity index (χ2v) is 7.47. The first-order chi connectivity index (χ1) is 11.2. The molecule has 0 bridgehead atoms. The van der Waals surface area contributed by atoms with E-state index in [2.05, 4.69) is 69.4 Å². The first-order valence-electron chi connectivity index (χ1n) is 8.52. The first kappa shape index (κ1) is 16.8. The molecule has 4 nitrogen and oxygen atoms in total. The predicted octanol–water partition coefficient (Wildman–Crippen LogP) is 3.24. The van der Waals surface area contributed by atoms with E-state index in [1.807, 2.05) is 0 Å². The van der Waals surface area contributed by atoms with Crippen LogP contribution in [0.15, 0.2) is 33.7 Å². The van der Waals surface area contributed by atoms with Gasteiger partial charge in [-0.25, -0.2) is 0 Å². The third-order valence-electron chi connectivity index (χ3n) is 4.63. The highest BCUT2D eigenvalue weighted by Gasteiger charge is 2.39. The average Bonchev–Trinajstić information content (AvgIpc) is 3.11. The molecule has 0 spiro atoms. The van der Waals surface area contributed by atoms with Gasteiger partial charge in [0.15, 0.2) is 5.96 Å². The van der Waals surface area contributed by atoms with Gasteiger partial charge >= 0.3 is 0 Å². The van der Waals surface area contributed by atoms with E-state index in [1.54, 1.807) is 0 Å². The summed E-state index contributed by atoms with van der Waals surface area (Å²) in [4.78, 5) is 6.94. The quantitative estimate of drug-likeness (QED) is 0.630. The van der Waals surface area contributed by atoms with Crippen molar-refractivity contribution in [2.24, 2.45) is 10.9 Å². The van der Waals surface area contributed by atoms with Crippen molar-refractivity contribution in [2.75, 3.05) is 33.4 Å². The van der Waals surface area contributed by atoms with Crippen LogP contribution in [-0.2, 0) is 4.74 Å². The molecule has 2 aliphatic rings. The number of ether oxygens (including phenoxy) is 1. The number of nitrogens with one attached hydrogen (secondary N) is 1. The Morgan fingerprint density at radius 2 is 2.17 bits per heavy atom. The van der Waals surface area contributed by atoms with Crippen LogP contribution in [0, 0.1) is 5.92 Å². The van der Waals surface area contributed by atoms with Crippen molar-refractivity contribution in [3.63, 3.8) is 0 Å². The minimum atomic E-state index is 0.503. The van der Waals surface area contributed by atoms with Gasteiger partial charge in [-0.2, -0.15) is 0 Å². The smallest absolute Gasteiger partial charge is 0.193 e. The molecule has 1 aliphatic heterocycles. The zero-order valence-electron chi connectivity index (χ0n) is 14.0. The Labute approximate surface area is 147 Å². The van der Waals surface area contributed by atoms with E-state index in [9.17, 15) is 0 Å². The van der Waals surface area contributed by atoms with Crippen molar-refractivity contribution < 1.29 is 4.74 Å². The number of hydrogen-bond acceptors (Lipinski definition) is 2. The summed E-state index contributed by atoms with van der Waals surface area (Å²) >= 11 is 3.50. The predicted molar refractivity (Wildman–Crippen MR) is 98.0 cm³/mol. The number of benzene rings is 1. The van der Waals surface area contributed by atoms with E-state index in [0.29, 0.717) is 17.9 Å². The Morgan fingerprint density at radius 3 is 2.83 bits per heavy atom. The third-order valence-corrected chi connectivity index (χ3v) is 5.16. The monoisotopic (exact) mass is 379 g/mol. The van der Waals surface area contributed by atoms with E-state index in [4.69, 9.17) is 4.74 Å². The Hall–Kier alpha value is -1.07. The van der Waals surface area contributed by atoms with Crippen LogP contribution in [0.25, 0.3) is 0 Å². The van der Waals surface area contributed by atoms with Gasteiger partial charge in [-0.1, -0.05) is 28.1 Å². The van der Waals surface area contributed by atoms with Gasteiger partial charge in [-0.15, -0.1) is 0 Å². The summed E-state index contributed by atoms with van der Waals surface area (Å²) in [5.41, 5.74) is 1.41. The largest absolute Gasteiger partial charge is 0.381 e. The highest BCUT2D eigenvalue weighted by molar-refractivity contribution is 9.10. The maximum absolute atomic E-state index is 5.48. The summed E-state index contributed by atoms with van der Waals surface area (Å²) in [6, 6.07) is 9.18. The molecule has 1 saturated heterocycles. The molecule has 126 valence electrons. The Balaban J connectivity index is 1.55. The molecule has 1 N–H and O–H groups in total. The van der Waals surface area contributed by atoms with Gasteiger partial charge in [0, 0.05) is 49.1 Å². The molecule has 23 heavy (non-hydrogen) atoms. The lowest BCUT2D eigenvalue weighted by Gasteiger charge is -2.25. The standard InChI is InChI=1S/C18H26BrN3O/c1-3-20-18(22(2)11-13-8-9-23-12-13)21-17-10-16(17)14-4-6-15(19)7-5-14/h4-7,13,16-17H,3,8-12H2,1-2H3,(H,20,21). The van der Waals surface area contributed by atoms with Gasteiger partial charge in [-0.3, -0.25) is 4.99 Å². The van der Waals surface area contributed by atoms with Crippen molar-refractivity contribution in [2.45, 2.75) is 31.7 Å². The SMILES string of the molecule is CCN=C(NC1CC1c1ccc(Br)cc1)N(C)CC1CCOC1. The zero-order valence-corrected chi connectivity index (χ0v) is 15.6. The lowest BCUT2D eigenvalue weighted by molar-refractivity contribution is 0.181. The molecule has 3 atom stereocenters. The van der Waals surface area contributed by atoms with E-state index in [-0.39, 0.29) is 0 Å². The van der Waals surface area contributed by atoms with Gasteiger partial charge in [0.2, 0.25) is 0 Å². The number of aliphatic imine (C=N–C) groups is 1. The van der Waals surface area contributed by atoms with E-state index >= 15 is 0 Å². The van der Waals surface area contributed by atoms with Crippen LogP contribution >= 0.6 is 15.9 Å². The topological polar surface area (TPSA) is 36.9 Å². The van der Waals surface area contributed by atoms with Gasteiger partial charge in [0.1, 0.15) is 0 Å². The van der Waals surface area contributed by atoms with Crippen LogP contribution in [0.2, 0.25) is 0 Å². The molecule has 0 aromatic heterocycles. The number of guanidine groups is 1. The normalized spacial score (nSPS) is 27.1. The van der Waals surface area contributed by atoms with Crippen molar-refractivity contribution in [1.82, 2.24) is 10.2 Å². The summed E-state index contributed by atoms with van der Waals surface area (Å²) in [6.07, 6.45) is 2.35. The van der Waals surface area contributed by atoms with Crippen molar-refractivity contribution in [3.8, 4) is 0 Å². The Kier molecular flexibility index (Phi) is 5.59. The number of halogens is 1. The van der Waals surface area contributed by atoms with Crippen molar-refractivity contribution in [1.29, 1.82) is 0 Å². The summed E-state index contributed by atoms with van der Waals surface area (Å²) in [7, 11) is 2.14. The maximum atomic E-state index is 5.48. The minimum absolute atomic E-state index is 0.503. The van der Waals surface area contributed by atoms with E-state index in [0.717, 1.165) is 43.2 Å². The molecule has 1 heterocycles. The second-order valence-electron chi connectivity index (χ2n) is 6.55. The fourth-order valence-electron chi connectivity index (χ4n) is 3.23. The molecule has 0 amide bonds. The lowest BCUT2D eigenvalue weighted by atomic mass is 10.1. The fraction of sp³-hybridized carbons (Fsp3) is 0.611. The molecular weight excluding hydrogens is 354 g/mol. The van der Waals surface area contributed by atoms with Crippen LogP contribution in [0.1, 0.15) is 31.2 Å². The van der Waals surface area contributed by atoms with E-state index in [1.165, 1.54) is 12.0 Å². The van der Waals surface area contributed by atoms with Gasteiger partial charge in [0.05, 0.1) is 6.61 Å². The molecule has 1 saturated carbocycles. The van der Waals surface area contributed by atoms with Crippen LogP contribution in [0.5, 0.6) is 0 Å². The molecule has 1 aromatic rings. The van der Waals surface area contributed by atoms with Gasteiger partial charge < -0.3 is 15.0 Å². The fourth-order valence-corrected chi connectivity index (χ4v) is 3.49. The highest BCUT2D eigenvalue weighted by Crippen LogP contribution is 2.41. The average molecular weight is 380 g/mol. The number of nitrogens with zero attached hydrogens (tertiary/aromatic N) is 2. The molecular formula is C18H26BrN3O. The summed E-state index contributed by atoms with van der Waals surface area (Å²) in [6.45, 7) is 5.70. The Morgan fingerprint density at radius 1 is 1.39 bits per heavy atom. The molecule has 1 aliphatic carbocycles. The molecule has 2 fully saturated rings. The van der Waals surface area contributed by atoms with Crippen molar-refractivity contribution >= 4 is 21.9 Å². The Bertz CT molecular complexity index is 540. The lowest BCUT2D eigenvalue weighted by Crippen LogP contribution is -2.43. The zero-order chi connectivity index (χ0) is 16.2. The van der Waals surface area contributed by atoms with Crippen LogP contribution in [0.4, 0.5) is 0 Å². The van der Waals surface area contributed by atoms with Crippen LogP contribution < -0.4 is 5.32 Å². The maximum Gasteiger partial charge on any atom is 0.193 e. The van der Waals surface area contributed by atoms with Crippen LogP contribution in [0.3, 0.4) is 0 Å². The summed E-state index contributed by atoms with van der Waals surface area (Å²) in [5, 5.41) is 3.65. The highest BCUT2D eigenvalue weighted by atomic mass is 79.9. The second kappa shape index (κ2) is 7.67. The summed E-state index contributed by atoms with van der Waals surface area (Å²) < 4.78 is 6.62. The molecule has 3 unspecified atom stereocenters. The molecule has 5 heteroatoms. The van der Waals surface area contributed by atoms with Gasteiger partial charge in [-0.05, 0) is 37.5 Å². The van der Waals surface area contributed by atoms with Gasteiger partial charge in [0.25, 0.3) is 0 Å². The third kappa shape index (κ3) is 4.48. The van der Waals surface area contributed by atoms with E-state index < -0.39 is 0 Å². The molecule has 0 radical (unpaired) electrons. The van der Waals surface area contributed by atoms with Crippen LogP contribution in [-0.4, -0.2) is 50.3 Å². The van der Waals surface area contributed by atoms with Crippen molar-refractivity contribution in [3.05, 3.63) is 34.3 Å².